The molecule has 156 valence electrons. The Morgan fingerprint density at radius 2 is 2.00 bits per heavy atom. The zero-order chi connectivity index (χ0) is 21.3. The van der Waals surface area contributed by atoms with Crippen LogP contribution < -0.4 is 19.9 Å². The van der Waals surface area contributed by atoms with Crippen molar-refractivity contribution in [2.24, 2.45) is 5.14 Å². The van der Waals surface area contributed by atoms with Crippen LogP contribution in [0, 0.1) is 0 Å². The van der Waals surface area contributed by atoms with Crippen LogP contribution in [0.1, 0.15) is 35.3 Å². The van der Waals surface area contributed by atoms with Crippen LogP contribution in [0.3, 0.4) is 0 Å². The van der Waals surface area contributed by atoms with E-state index in [0.717, 1.165) is 29.4 Å². The normalized spacial score (nSPS) is 15.6. The van der Waals surface area contributed by atoms with E-state index in [-0.39, 0.29) is 33.2 Å². The molecule has 1 aliphatic heterocycles. The van der Waals surface area contributed by atoms with Gasteiger partial charge in [0.15, 0.2) is 0 Å². The molecule has 0 radical (unpaired) electrons. The molecule has 1 amide bonds. The Hall–Kier alpha value is -2.00. The third-order valence-electron chi connectivity index (χ3n) is 4.39. The number of nitrogens with two attached hydrogens (primary N) is 1. The number of primary sulfonamides is 1. The van der Waals surface area contributed by atoms with Gasteiger partial charge in [0.2, 0.25) is 10.0 Å². The molecule has 0 bridgehead atoms. The molecule has 1 heterocycles. The average Bonchev–Trinajstić information content (AvgIpc) is 2.97. The van der Waals surface area contributed by atoms with Crippen LogP contribution in [0.4, 0.5) is 0 Å². The first-order valence-corrected chi connectivity index (χ1v) is 11.2. The quantitative estimate of drug-likeness (QED) is 0.690. The fourth-order valence-electron chi connectivity index (χ4n) is 3.10. The minimum atomic E-state index is -4.11. The number of carbonyl (C=O) groups is 1. The first-order valence-electron chi connectivity index (χ1n) is 8.85. The van der Waals surface area contributed by atoms with E-state index < -0.39 is 15.9 Å². The largest absolute Gasteiger partial charge is 0.494 e. The number of rotatable bonds is 6. The lowest BCUT2D eigenvalue weighted by Gasteiger charge is -2.14. The summed E-state index contributed by atoms with van der Waals surface area (Å²) < 4.78 is 34.8. The molecule has 3 N–H and O–H groups in total. The van der Waals surface area contributed by atoms with Gasteiger partial charge in [-0.05, 0) is 38.1 Å². The molecule has 29 heavy (non-hydrogen) atoms. The number of ether oxygens (including phenoxy) is 2. The summed E-state index contributed by atoms with van der Waals surface area (Å²) in [7, 11) is -4.11. The van der Waals surface area contributed by atoms with Crippen molar-refractivity contribution in [3.8, 4) is 11.5 Å². The molecular formula is C19H20Cl2N2O5S. The summed E-state index contributed by atoms with van der Waals surface area (Å²) in [6.45, 7) is 4.45. The first-order chi connectivity index (χ1) is 13.6. The van der Waals surface area contributed by atoms with Crippen LogP contribution in [0.2, 0.25) is 10.0 Å². The van der Waals surface area contributed by atoms with Crippen LogP contribution in [-0.4, -0.2) is 27.0 Å². The number of halogens is 2. The van der Waals surface area contributed by atoms with Crippen molar-refractivity contribution < 1.29 is 22.7 Å². The van der Waals surface area contributed by atoms with Gasteiger partial charge in [-0.2, -0.15) is 0 Å². The Labute approximate surface area is 179 Å². The van der Waals surface area contributed by atoms with Gasteiger partial charge in [-0.1, -0.05) is 23.2 Å². The SMILES string of the molecule is CCOc1cc2c(cc1CNC(=O)c1cc(S(N)(=O)=O)c(Cl)cc1Cl)OC(C)C2. The van der Waals surface area contributed by atoms with Crippen molar-refractivity contribution in [1.29, 1.82) is 0 Å². The highest BCUT2D eigenvalue weighted by Crippen LogP contribution is 2.35. The number of hydrogen-bond donors (Lipinski definition) is 2. The summed E-state index contributed by atoms with van der Waals surface area (Å²) in [5.41, 5.74) is 1.73. The molecular weight excluding hydrogens is 439 g/mol. The number of fused-ring (bicyclic) bond motifs is 1. The molecule has 2 aromatic rings. The van der Waals surface area contributed by atoms with E-state index in [9.17, 15) is 13.2 Å². The molecule has 1 atom stereocenters. The molecule has 7 nitrogen and oxygen atoms in total. The van der Waals surface area contributed by atoms with Gasteiger partial charge in [-0.25, -0.2) is 13.6 Å². The maximum Gasteiger partial charge on any atom is 0.253 e. The smallest absolute Gasteiger partial charge is 0.253 e. The van der Waals surface area contributed by atoms with Gasteiger partial charge in [0.05, 0.1) is 22.2 Å². The lowest BCUT2D eigenvalue weighted by molar-refractivity contribution is 0.0950. The second kappa shape index (κ2) is 8.39. The molecule has 0 saturated heterocycles. The summed E-state index contributed by atoms with van der Waals surface area (Å²) in [6.07, 6.45) is 0.868. The van der Waals surface area contributed by atoms with E-state index in [0.29, 0.717) is 12.4 Å². The summed E-state index contributed by atoms with van der Waals surface area (Å²) in [5, 5.41) is 7.71. The second-order valence-corrected chi connectivity index (χ2v) is 8.97. The highest BCUT2D eigenvalue weighted by atomic mass is 35.5. The number of nitrogens with one attached hydrogen (secondary N) is 1. The topological polar surface area (TPSA) is 108 Å². The molecule has 1 unspecified atom stereocenters. The van der Waals surface area contributed by atoms with Gasteiger partial charge in [0.25, 0.3) is 5.91 Å². The fourth-order valence-corrected chi connectivity index (χ4v) is 4.51. The Bertz CT molecular complexity index is 1070. The predicted octanol–water partition coefficient (Wildman–Crippen LogP) is 3.29. The van der Waals surface area contributed by atoms with Gasteiger partial charge in [0, 0.05) is 24.1 Å². The van der Waals surface area contributed by atoms with Crippen molar-refractivity contribution in [2.75, 3.05) is 6.61 Å². The zero-order valence-corrected chi connectivity index (χ0v) is 18.1. The Balaban J connectivity index is 1.85. The van der Waals surface area contributed by atoms with Crippen LogP contribution in [0.5, 0.6) is 11.5 Å². The minimum absolute atomic E-state index is 0.0102. The van der Waals surface area contributed by atoms with E-state index in [1.54, 1.807) is 0 Å². The molecule has 0 aromatic heterocycles. The van der Waals surface area contributed by atoms with Crippen molar-refractivity contribution in [1.82, 2.24) is 5.32 Å². The minimum Gasteiger partial charge on any atom is -0.494 e. The fraction of sp³-hybridized carbons (Fsp3) is 0.316. The average molecular weight is 459 g/mol. The lowest BCUT2D eigenvalue weighted by Crippen LogP contribution is -2.24. The summed E-state index contributed by atoms with van der Waals surface area (Å²) in [4.78, 5) is 12.3. The van der Waals surface area contributed by atoms with Crippen LogP contribution in [-0.2, 0) is 23.0 Å². The molecule has 3 rings (SSSR count). The van der Waals surface area contributed by atoms with E-state index in [1.165, 1.54) is 6.07 Å². The predicted molar refractivity (Wildman–Crippen MR) is 110 cm³/mol. The summed E-state index contributed by atoms with van der Waals surface area (Å²) >= 11 is 12.0. The van der Waals surface area contributed by atoms with E-state index >= 15 is 0 Å². The Morgan fingerprint density at radius 3 is 2.66 bits per heavy atom. The maximum atomic E-state index is 12.6. The van der Waals surface area contributed by atoms with E-state index in [2.05, 4.69) is 5.32 Å². The Morgan fingerprint density at radius 1 is 1.28 bits per heavy atom. The van der Waals surface area contributed by atoms with Gasteiger partial charge < -0.3 is 14.8 Å². The number of carbonyl (C=O) groups excluding carboxylic acids is 1. The van der Waals surface area contributed by atoms with Crippen molar-refractivity contribution in [2.45, 2.75) is 37.8 Å². The Kier molecular flexibility index (Phi) is 6.28. The van der Waals surface area contributed by atoms with Gasteiger partial charge in [-0.3, -0.25) is 4.79 Å². The number of sulfonamides is 1. The zero-order valence-electron chi connectivity index (χ0n) is 15.8. The van der Waals surface area contributed by atoms with Gasteiger partial charge >= 0.3 is 0 Å². The van der Waals surface area contributed by atoms with Crippen LogP contribution in [0.25, 0.3) is 0 Å². The summed E-state index contributed by atoms with van der Waals surface area (Å²) in [6, 6.07) is 5.99. The first kappa shape index (κ1) is 21.7. The van der Waals surface area contributed by atoms with E-state index in [4.69, 9.17) is 37.8 Å². The standard InChI is InChI=1S/C19H20Cl2N2O5S/c1-3-27-16-5-11-4-10(2)28-17(11)6-12(16)9-23-19(24)13-7-18(29(22,25)26)15(21)8-14(13)20/h5-8,10H,3-4,9H2,1-2H3,(H,23,24)(H2,22,25,26). The molecule has 0 spiro atoms. The maximum absolute atomic E-state index is 12.6. The third kappa shape index (κ3) is 4.78. The monoisotopic (exact) mass is 458 g/mol. The van der Waals surface area contributed by atoms with Crippen molar-refractivity contribution in [3.63, 3.8) is 0 Å². The number of benzene rings is 2. The van der Waals surface area contributed by atoms with E-state index in [1.807, 2.05) is 26.0 Å². The molecule has 1 aliphatic rings. The van der Waals surface area contributed by atoms with Gasteiger partial charge in [-0.15, -0.1) is 0 Å². The van der Waals surface area contributed by atoms with Gasteiger partial charge in [0.1, 0.15) is 22.5 Å². The molecule has 10 heteroatoms. The molecule has 0 aliphatic carbocycles. The second-order valence-electron chi connectivity index (χ2n) is 6.62. The highest BCUT2D eigenvalue weighted by Gasteiger charge is 2.23. The number of hydrogen-bond acceptors (Lipinski definition) is 5. The summed E-state index contributed by atoms with van der Waals surface area (Å²) in [5.74, 6) is 0.830. The third-order valence-corrected chi connectivity index (χ3v) is 6.08. The van der Waals surface area contributed by atoms with Crippen LogP contribution >= 0.6 is 23.2 Å². The lowest BCUT2D eigenvalue weighted by atomic mass is 10.1. The van der Waals surface area contributed by atoms with Crippen molar-refractivity contribution in [3.05, 3.63) is 51.0 Å². The van der Waals surface area contributed by atoms with Crippen molar-refractivity contribution >= 4 is 39.1 Å². The van der Waals surface area contributed by atoms with Crippen LogP contribution in [0.15, 0.2) is 29.2 Å². The molecule has 0 saturated carbocycles. The number of amides is 1. The highest BCUT2D eigenvalue weighted by molar-refractivity contribution is 7.89. The molecule has 2 aromatic carbocycles. The molecule has 0 fully saturated rings.